The van der Waals surface area contributed by atoms with Crippen LogP contribution in [0.5, 0.6) is 0 Å². The average Bonchev–Trinajstić information content (AvgIpc) is 2.14. The summed E-state index contributed by atoms with van der Waals surface area (Å²) < 4.78 is 15.8. The second kappa shape index (κ2) is 7.22. The molecule has 0 aliphatic rings. The highest BCUT2D eigenvalue weighted by Gasteiger charge is 2.36. The van der Waals surface area contributed by atoms with Crippen molar-refractivity contribution in [2.75, 3.05) is 32.8 Å². The predicted molar refractivity (Wildman–Crippen MR) is 60.5 cm³/mol. The fraction of sp³-hybridized carbons (Fsp3) is 1.00. The Kier molecular flexibility index (Phi) is 7.70. The Balaban J connectivity index is 3.76. The maximum atomic E-state index is 5.26. The van der Waals surface area contributed by atoms with E-state index in [1.54, 1.807) is 21.3 Å². The first-order valence-corrected chi connectivity index (χ1v) is 8.32. The van der Waals surface area contributed by atoms with E-state index in [0.29, 0.717) is 11.2 Å². The summed E-state index contributed by atoms with van der Waals surface area (Å²) in [5, 5.41) is 0. The zero-order valence-corrected chi connectivity index (χ0v) is 10.7. The van der Waals surface area contributed by atoms with Gasteiger partial charge in [0.2, 0.25) is 0 Å². The Morgan fingerprint density at radius 2 is 1.67 bits per heavy atom. The minimum Gasteiger partial charge on any atom is -0.370 e. The molecule has 76 valence electrons. The Bertz CT molecular complexity index is 103. The van der Waals surface area contributed by atoms with Gasteiger partial charge >= 0.3 is 7.95 Å². The molecule has 0 radical (unpaired) electrons. The SMILES string of the molecule is CO[Si](OC)(OC)[SH2]CCCS. The molecule has 0 aliphatic heterocycles. The standard InChI is InChI=1S/C6H18O3S2Si/c1-7-12(8-2,9-3)11-6-4-5-10/h10H,4-6,11H2,1-3H3. The smallest absolute Gasteiger partial charge is 0.370 e. The normalized spacial score (nSPS) is 13.7. The summed E-state index contributed by atoms with van der Waals surface area (Å²) in [6, 6.07) is 0. The fourth-order valence-electron chi connectivity index (χ4n) is 0.787. The van der Waals surface area contributed by atoms with Crippen LogP contribution in [0, 0.1) is 0 Å². The van der Waals surface area contributed by atoms with Crippen LogP contribution >= 0.6 is 23.8 Å². The molecule has 0 N–H and O–H groups in total. The summed E-state index contributed by atoms with van der Waals surface area (Å²) in [6.45, 7) is 0. The highest BCUT2D eigenvalue weighted by Crippen LogP contribution is 2.22. The molecule has 0 aromatic carbocycles. The summed E-state index contributed by atoms with van der Waals surface area (Å²) in [7, 11) is 2.68. The lowest BCUT2D eigenvalue weighted by molar-refractivity contribution is 0.152. The van der Waals surface area contributed by atoms with E-state index in [-0.39, 0.29) is 0 Å². The zero-order valence-electron chi connectivity index (χ0n) is 7.79. The second-order valence-electron chi connectivity index (χ2n) is 2.17. The van der Waals surface area contributed by atoms with Gasteiger partial charge in [-0.15, -0.1) is 0 Å². The summed E-state index contributed by atoms with van der Waals surface area (Å²) in [4.78, 5) is 0. The van der Waals surface area contributed by atoms with Crippen LogP contribution in [-0.4, -0.2) is 40.8 Å². The number of rotatable bonds is 7. The Labute approximate surface area is 84.6 Å². The van der Waals surface area contributed by atoms with Crippen molar-refractivity contribution in [3.8, 4) is 0 Å². The van der Waals surface area contributed by atoms with E-state index in [1.807, 2.05) is 0 Å². The van der Waals surface area contributed by atoms with Gasteiger partial charge < -0.3 is 13.3 Å². The molecule has 12 heavy (non-hydrogen) atoms. The molecular weight excluding hydrogens is 212 g/mol. The second-order valence-corrected chi connectivity index (χ2v) is 8.71. The van der Waals surface area contributed by atoms with E-state index in [0.717, 1.165) is 17.9 Å². The molecule has 0 aromatic rings. The maximum Gasteiger partial charge on any atom is 0.550 e. The van der Waals surface area contributed by atoms with Gasteiger partial charge in [-0.1, -0.05) is 0 Å². The Morgan fingerprint density at radius 1 is 1.17 bits per heavy atom. The lowest BCUT2D eigenvalue weighted by Gasteiger charge is -2.24. The molecule has 0 aliphatic carbocycles. The molecule has 0 aromatic heterocycles. The van der Waals surface area contributed by atoms with Gasteiger partial charge in [-0.2, -0.15) is 12.6 Å². The lowest BCUT2D eigenvalue weighted by atomic mass is 10.6. The summed E-state index contributed by atoms with van der Waals surface area (Å²) >= 11 is 4.76. The van der Waals surface area contributed by atoms with Crippen molar-refractivity contribution in [3.63, 3.8) is 0 Å². The molecule has 0 saturated heterocycles. The van der Waals surface area contributed by atoms with Crippen molar-refractivity contribution in [2.24, 2.45) is 0 Å². The highest BCUT2D eigenvalue weighted by atomic mass is 32.4. The minimum absolute atomic E-state index is 0.624. The lowest BCUT2D eigenvalue weighted by Crippen LogP contribution is -2.39. The summed E-state index contributed by atoms with van der Waals surface area (Å²) in [5.74, 6) is 1.99. The molecule has 0 amide bonds. The Morgan fingerprint density at radius 3 is 2.00 bits per heavy atom. The van der Waals surface area contributed by atoms with Crippen LogP contribution in [-0.2, 0) is 13.3 Å². The van der Waals surface area contributed by atoms with E-state index in [2.05, 4.69) is 12.6 Å². The van der Waals surface area contributed by atoms with Crippen LogP contribution in [0.25, 0.3) is 0 Å². The maximum absolute atomic E-state index is 5.26. The molecule has 0 heterocycles. The molecule has 0 fully saturated rings. The number of thiol groups is 1. The first-order valence-electron chi connectivity index (χ1n) is 3.76. The van der Waals surface area contributed by atoms with Crippen molar-refractivity contribution in [1.82, 2.24) is 0 Å². The van der Waals surface area contributed by atoms with Crippen LogP contribution in [0.15, 0.2) is 0 Å². The van der Waals surface area contributed by atoms with Crippen molar-refractivity contribution in [2.45, 2.75) is 6.42 Å². The zero-order chi connectivity index (χ0) is 9.45. The molecule has 0 rings (SSSR count). The van der Waals surface area contributed by atoms with Gasteiger partial charge in [-0.25, -0.2) is 11.2 Å². The van der Waals surface area contributed by atoms with Crippen molar-refractivity contribution >= 4 is 31.8 Å². The van der Waals surface area contributed by atoms with E-state index < -0.39 is 7.95 Å². The van der Waals surface area contributed by atoms with Crippen molar-refractivity contribution < 1.29 is 13.3 Å². The largest absolute Gasteiger partial charge is 0.550 e. The van der Waals surface area contributed by atoms with Gasteiger partial charge in [0, 0.05) is 21.3 Å². The monoisotopic (exact) mass is 230 g/mol. The third-order valence-corrected chi connectivity index (χ3v) is 8.33. The first kappa shape index (κ1) is 12.8. The minimum atomic E-state index is -2.26. The predicted octanol–water partition coefficient (Wildman–Crippen LogP) is 0.879. The summed E-state index contributed by atoms with van der Waals surface area (Å²) in [5.41, 5.74) is 0. The number of hydrogen-bond acceptors (Lipinski definition) is 4. The van der Waals surface area contributed by atoms with Crippen LogP contribution in [0.1, 0.15) is 6.42 Å². The van der Waals surface area contributed by atoms with Crippen molar-refractivity contribution in [1.29, 1.82) is 0 Å². The van der Waals surface area contributed by atoms with Crippen LogP contribution in [0.2, 0.25) is 0 Å². The molecular formula is C6H18O3S2Si. The average molecular weight is 230 g/mol. The van der Waals surface area contributed by atoms with Crippen molar-refractivity contribution in [3.05, 3.63) is 0 Å². The molecule has 6 heteroatoms. The van der Waals surface area contributed by atoms with Gasteiger partial charge in [-0.3, -0.25) is 0 Å². The molecule has 0 saturated carbocycles. The third-order valence-electron chi connectivity index (χ3n) is 1.48. The molecule has 0 unspecified atom stereocenters. The van der Waals surface area contributed by atoms with Crippen LogP contribution in [0.4, 0.5) is 0 Å². The van der Waals surface area contributed by atoms with Gasteiger partial charge in [-0.05, 0) is 17.9 Å². The summed E-state index contributed by atoms with van der Waals surface area (Å²) in [6.07, 6.45) is 1.09. The molecule has 0 spiro atoms. The van der Waals surface area contributed by atoms with Gasteiger partial charge in [0.1, 0.15) is 0 Å². The van der Waals surface area contributed by atoms with Crippen LogP contribution in [0.3, 0.4) is 0 Å². The first-order chi connectivity index (χ1) is 5.74. The van der Waals surface area contributed by atoms with Gasteiger partial charge in [0.25, 0.3) is 0 Å². The van der Waals surface area contributed by atoms with E-state index in [1.165, 1.54) is 0 Å². The van der Waals surface area contributed by atoms with Gasteiger partial charge in [0.05, 0.1) is 0 Å². The number of hydrogen-bond donors (Lipinski definition) is 1. The van der Waals surface area contributed by atoms with Crippen LogP contribution < -0.4 is 0 Å². The Hall–Kier alpha value is 0.797. The van der Waals surface area contributed by atoms with Gasteiger partial charge in [0.15, 0.2) is 0 Å². The quantitative estimate of drug-likeness (QED) is 0.400. The molecule has 3 nitrogen and oxygen atoms in total. The highest BCUT2D eigenvalue weighted by molar-refractivity contribution is 8.26. The molecule has 0 bridgehead atoms. The third kappa shape index (κ3) is 4.15. The fourth-order valence-corrected chi connectivity index (χ4v) is 5.58. The van der Waals surface area contributed by atoms with E-state index in [4.69, 9.17) is 13.3 Å². The topological polar surface area (TPSA) is 27.7 Å². The molecule has 0 atom stereocenters. The van der Waals surface area contributed by atoms with E-state index >= 15 is 0 Å². The van der Waals surface area contributed by atoms with E-state index in [9.17, 15) is 0 Å².